The number of benzene rings is 2. The highest BCUT2D eigenvalue weighted by atomic mass is 16.5. The number of hydrogen-bond donors (Lipinski definition) is 2. The van der Waals surface area contributed by atoms with Crippen molar-refractivity contribution < 1.29 is 14.9 Å². The van der Waals surface area contributed by atoms with Crippen LogP contribution in [0.4, 0.5) is 0 Å². The molecule has 3 heteroatoms. The van der Waals surface area contributed by atoms with E-state index >= 15 is 0 Å². The highest BCUT2D eigenvalue weighted by Crippen LogP contribution is 2.17. The van der Waals surface area contributed by atoms with Gasteiger partial charge in [-0.3, -0.25) is 0 Å². The van der Waals surface area contributed by atoms with E-state index in [4.69, 9.17) is 9.84 Å². The summed E-state index contributed by atoms with van der Waals surface area (Å²) >= 11 is 0. The lowest BCUT2D eigenvalue weighted by atomic mass is 10.1. The number of aryl methyl sites for hydroxylation is 2. The van der Waals surface area contributed by atoms with Crippen LogP contribution in [0.5, 0.6) is 5.75 Å². The van der Waals surface area contributed by atoms with Crippen LogP contribution >= 0.6 is 0 Å². The summed E-state index contributed by atoms with van der Waals surface area (Å²) in [5.41, 5.74) is 3.48. The minimum absolute atomic E-state index is 0.191. The van der Waals surface area contributed by atoms with Gasteiger partial charge in [0.15, 0.2) is 0 Å². The third-order valence-corrected chi connectivity index (χ3v) is 3.40. The Kier molecular flexibility index (Phi) is 5.78. The van der Waals surface area contributed by atoms with E-state index in [0.29, 0.717) is 13.0 Å². The van der Waals surface area contributed by atoms with Crippen molar-refractivity contribution in [1.29, 1.82) is 0 Å². The molecular formula is C18H22O3. The standard InChI is InChI=1S/C18H22O3/c1-14-5-7-16(8-6-14)13-21-18-4-2-3-15(11-18)9-10-17(20)12-19/h2-8,11,17,19-20H,9-10,12-13H2,1H3. The molecule has 0 saturated carbocycles. The van der Waals surface area contributed by atoms with Crippen molar-refractivity contribution in [2.45, 2.75) is 32.5 Å². The summed E-state index contributed by atoms with van der Waals surface area (Å²) in [6, 6.07) is 16.1. The third-order valence-electron chi connectivity index (χ3n) is 3.40. The molecule has 0 fully saturated rings. The van der Waals surface area contributed by atoms with E-state index in [1.807, 2.05) is 24.3 Å². The Labute approximate surface area is 125 Å². The van der Waals surface area contributed by atoms with Crippen LogP contribution in [0.1, 0.15) is 23.1 Å². The van der Waals surface area contributed by atoms with Crippen molar-refractivity contribution >= 4 is 0 Å². The van der Waals surface area contributed by atoms with Crippen molar-refractivity contribution in [2.24, 2.45) is 0 Å². The lowest BCUT2D eigenvalue weighted by Gasteiger charge is -2.10. The number of ether oxygens (including phenoxy) is 1. The van der Waals surface area contributed by atoms with E-state index in [2.05, 4.69) is 31.2 Å². The SMILES string of the molecule is Cc1ccc(COc2cccc(CCC(O)CO)c2)cc1. The number of rotatable bonds is 7. The summed E-state index contributed by atoms with van der Waals surface area (Å²) < 4.78 is 5.79. The van der Waals surface area contributed by atoms with E-state index < -0.39 is 6.10 Å². The lowest BCUT2D eigenvalue weighted by Crippen LogP contribution is -2.12. The van der Waals surface area contributed by atoms with Crippen LogP contribution in [0.2, 0.25) is 0 Å². The van der Waals surface area contributed by atoms with Crippen LogP contribution in [-0.4, -0.2) is 22.9 Å². The first-order chi connectivity index (χ1) is 10.2. The quantitative estimate of drug-likeness (QED) is 0.823. The minimum atomic E-state index is -0.651. The molecule has 2 aromatic carbocycles. The van der Waals surface area contributed by atoms with Crippen molar-refractivity contribution in [3.05, 3.63) is 65.2 Å². The van der Waals surface area contributed by atoms with E-state index in [0.717, 1.165) is 23.3 Å². The molecule has 0 heterocycles. The van der Waals surface area contributed by atoms with Gasteiger partial charge in [0.25, 0.3) is 0 Å². The van der Waals surface area contributed by atoms with E-state index in [1.165, 1.54) is 5.56 Å². The molecule has 0 aliphatic rings. The van der Waals surface area contributed by atoms with E-state index in [9.17, 15) is 5.11 Å². The molecule has 0 aromatic heterocycles. The summed E-state index contributed by atoms with van der Waals surface area (Å²) in [6.45, 7) is 2.42. The molecule has 2 N–H and O–H groups in total. The Morgan fingerprint density at radius 3 is 2.52 bits per heavy atom. The molecule has 0 bridgehead atoms. The molecule has 0 spiro atoms. The van der Waals surface area contributed by atoms with Crippen molar-refractivity contribution in [3.8, 4) is 5.75 Å². The fourth-order valence-corrected chi connectivity index (χ4v) is 2.07. The zero-order valence-electron chi connectivity index (χ0n) is 12.3. The van der Waals surface area contributed by atoms with Crippen molar-refractivity contribution in [3.63, 3.8) is 0 Å². The van der Waals surface area contributed by atoms with Gasteiger partial charge < -0.3 is 14.9 Å². The second-order valence-electron chi connectivity index (χ2n) is 5.30. The first-order valence-electron chi connectivity index (χ1n) is 7.23. The lowest BCUT2D eigenvalue weighted by molar-refractivity contribution is 0.0885. The molecule has 0 radical (unpaired) electrons. The van der Waals surface area contributed by atoms with Gasteiger partial charge in [0.2, 0.25) is 0 Å². The minimum Gasteiger partial charge on any atom is -0.489 e. The molecule has 21 heavy (non-hydrogen) atoms. The number of aliphatic hydroxyl groups excluding tert-OH is 2. The van der Waals surface area contributed by atoms with Gasteiger partial charge in [0, 0.05) is 0 Å². The van der Waals surface area contributed by atoms with Crippen LogP contribution < -0.4 is 4.74 Å². The molecule has 112 valence electrons. The average molecular weight is 286 g/mol. The molecule has 2 rings (SSSR count). The fourth-order valence-electron chi connectivity index (χ4n) is 2.07. The molecule has 1 unspecified atom stereocenters. The van der Waals surface area contributed by atoms with Crippen molar-refractivity contribution in [2.75, 3.05) is 6.61 Å². The fraction of sp³-hybridized carbons (Fsp3) is 0.333. The molecule has 0 amide bonds. The van der Waals surface area contributed by atoms with Gasteiger partial charge in [-0.15, -0.1) is 0 Å². The first-order valence-corrected chi connectivity index (χ1v) is 7.23. The average Bonchev–Trinajstić information content (AvgIpc) is 2.52. The molecule has 0 aliphatic carbocycles. The van der Waals surface area contributed by atoms with Gasteiger partial charge in [0.1, 0.15) is 12.4 Å². The summed E-state index contributed by atoms with van der Waals surface area (Å²) in [5.74, 6) is 0.826. The van der Waals surface area contributed by atoms with Gasteiger partial charge in [0.05, 0.1) is 12.7 Å². The van der Waals surface area contributed by atoms with E-state index in [1.54, 1.807) is 0 Å². The monoisotopic (exact) mass is 286 g/mol. The Bertz CT molecular complexity index is 549. The normalized spacial score (nSPS) is 12.1. The Morgan fingerprint density at radius 2 is 1.81 bits per heavy atom. The Balaban J connectivity index is 1.90. The smallest absolute Gasteiger partial charge is 0.120 e. The highest BCUT2D eigenvalue weighted by Gasteiger charge is 2.04. The van der Waals surface area contributed by atoms with Gasteiger partial charge in [-0.25, -0.2) is 0 Å². The number of aliphatic hydroxyl groups is 2. The van der Waals surface area contributed by atoms with Gasteiger partial charge in [-0.05, 0) is 43.0 Å². The Hall–Kier alpha value is -1.84. The molecule has 0 saturated heterocycles. The second-order valence-corrected chi connectivity index (χ2v) is 5.30. The van der Waals surface area contributed by atoms with Crippen LogP contribution in [0, 0.1) is 6.92 Å². The predicted octanol–water partition coefficient (Wildman–Crippen LogP) is 2.86. The summed E-state index contributed by atoms with van der Waals surface area (Å²) in [5, 5.41) is 18.2. The predicted molar refractivity (Wildman–Crippen MR) is 83.4 cm³/mol. The van der Waals surface area contributed by atoms with Gasteiger partial charge in [-0.2, -0.15) is 0 Å². The number of hydrogen-bond acceptors (Lipinski definition) is 3. The first kappa shape index (κ1) is 15.5. The van der Waals surface area contributed by atoms with Crippen LogP contribution in [-0.2, 0) is 13.0 Å². The van der Waals surface area contributed by atoms with Crippen LogP contribution in [0.15, 0.2) is 48.5 Å². The zero-order valence-corrected chi connectivity index (χ0v) is 12.3. The molecule has 0 aliphatic heterocycles. The highest BCUT2D eigenvalue weighted by molar-refractivity contribution is 5.29. The van der Waals surface area contributed by atoms with Crippen LogP contribution in [0.3, 0.4) is 0 Å². The Morgan fingerprint density at radius 1 is 1.05 bits per heavy atom. The topological polar surface area (TPSA) is 49.7 Å². The zero-order chi connectivity index (χ0) is 15.1. The molecule has 2 aromatic rings. The summed E-state index contributed by atoms with van der Waals surface area (Å²) in [7, 11) is 0. The summed E-state index contributed by atoms with van der Waals surface area (Å²) in [6.07, 6.45) is 0.628. The maximum Gasteiger partial charge on any atom is 0.120 e. The third kappa shape index (κ3) is 5.21. The van der Waals surface area contributed by atoms with Crippen molar-refractivity contribution in [1.82, 2.24) is 0 Å². The summed E-state index contributed by atoms with van der Waals surface area (Å²) in [4.78, 5) is 0. The maximum absolute atomic E-state index is 9.38. The molecule has 1 atom stereocenters. The van der Waals surface area contributed by atoms with Crippen LogP contribution in [0.25, 0.3) is 0 Å². The van der Waals surface area contributed by atoms with Gasteiger partial charge >= 0.3 is 0 Å². The molecular weight excluding hydrogens is 264 g/mol. The van der Waals surface area contributed by atoms with Gasteiger partial charge in [-0.1, -0.05) is 42.0 Å². The maximum atomic E-state index is 9.38. The molecule has 3 nitrogen and oxygen atoms in total. The largest absolute Gasteiger partial charge is 0.489 e. The second kappa shape index (κ2) is 7.81. The van der Waals surface area contributed by atoms with E-state index in [-0.39, 0.29) is 6.61 Å².